The van der Waals surface area contributed by atoms with Crippen LogP contribution in [0.2, 0.25) is 0 Å². The number of rotatable bonds is 4. The third-order valence-electron chi connectivity index (χ3n) is 2.07. The van der Waals surface area contributed by atoms with Gasteiger partial charge in [0.25, 0.3) is 0 Å². The van der Waals surface area contributed by atoms with E-state index in [2.05, 4.69) is 5.32 Å². The van der Waals surface area contributed by atoms with E-state index < -0.39 is 16.7 Å². The highest BCUT2D eigenvalue weighted by Crippen LogP contribution is 2.22. The summed E-state index contributed by atoms with van der Waals surface area (Å²) in [6.07, 6.45) is 0.850. The van der Waals surface area contributed by atoms with E-state index in [0.29, 0.717) is 6.54 Å². The van der Waals surface area contributed by atoms with Crippen LogP contribution in [0.1, 0.15) is 20.3 Å². The molecule has 2 unspecified atom stereocenters. The highest BCUT2D eigenvalue weighted by Gasteiger charge is 2.35. The monoisotopic (exact) mass is 206 g/mol. The minimum Gasteiger partial charge on any atom is -0.772 e. The van der Waals surface area contributed by atoms with Crippen LogP contribution in [0.25, 0.3) is 0 Å². The molecule has 1 fully saturated rings. The van der Waals surface area contributed by atoms with Crippen molar-refractivity contribution in [1.29, 1.82) is 0 Å². The number of nitrogens with one attached hydrogen (secondary N) is 1. The minimum absolute atomic E-state index is 0.0726. The first-order valence-corrected chi connectivity index (χ1v) is 5.73. The molecule has 1 rings (SSSR count). The molecule has 5 heteroatoms. The van der Waals surface area contributed by atoms with Crippen molar-refractivity contribution in [2.75, 3.05) is 18.8 Å². The second-order valence-electron chi connectivity index (χ2n) is 3.72. The van der Waals surface area contributed by atoms with Gasteiger partial charge in [0.05, 0.1) is 11.7 Å². The van der Waals surface area contributed by atoms with Crippen molar-refractivity contribution in [3.8, 4) is 0 Å². The summed E-state index contributed by atoms with van der Waals surface area (Å²) in [6.45, 7) is 5.32. The predicted molar refractivity (Wildman–Crippen MR) is 50.2 cm³/mol. The van der Waals surface area contributed by atoms with Crippen LogP contribution >= 0.6 is 0 Å². The number of ether oxygens (including phenoxy) is 1. The summed E-state index contributed by atoms with van der Waals surface area (Å²) in [6, 6.07) is 0. The second kappa shape index (κ2) is 4.50. The van der Waals surface area contributed by atoms with Crippen molar-refractivity contribution in [1.82, 2.24) is 5.32 Å². The Morgan fingerprint density at radius 1 is 1.69 bits per heavy atom. The SMILES string of the molecule is CC(C)OC1(CS(=O)[O-])CCNC1. The maximum Gasteiger partial charge on any atom is 0.0925 e. The average molecular weight is 206 g/mol. The standard InChI is InChI=1S/C8H17NO3S/c1-7(2)12-8(6-13(10)11)3-4-9-5-8/h7,9H,3-6H2,1-2H3,(H,10,11)/p-1. The van der Waals surface area contributed by atoms with Gasteiger partial charge >= 0.3 is 0 Å². The maximum absolute atomic E-state index is 10.6. The Morgan fingerprint density at radius 2 is 2.38 bits per heavy atom. The summed E-state index contributed by atoms with van der Waals surface area (Å²) in [5.41, 5.74) is -0.485. The molecule has 1 aliphatic rings. The fourth-order valence-electron chi connectivity index (χ4n) is 1.69. The summed E-state index contributed by atoms with van der Waals surface area (Å²) in [5.74, 6) is 0.0954. The van der Waals surface area contributed by atoms with Gasteiger partial charge in [0.2, 0.25) is 0 Å². The first-order valence-electron chi connectivity index (χ1n) is 4.48. The quantitative estimate of drug-likeness (QED) is 0.659. The summed E-state index contributed by atoms with van der Waals surface area (Å²) < 4.78 is 26.9. The van der Waals surface area contributed by atoms with Crippen LogP contribution in [-0.2, 0) is 15.8 Å². The highest BCUT2D eigenvalue weighted by atomic mass is 32.2. The van der Waals surface area contributed by atoms with Gasteiger partial charge in [-0.1, -0.05) is 11.1 Å². The zero-order valence-electron chi connectivity index (χ0n) is 8.04. The average Bonchev–Trinajstić information content (AvgIpc) is 2.33. The molecule has 0 aromatic rings. The molecule has 78 valence electrons. The summed E-state index contributed by atoms with van der Waals surface area (Å²) in [4.78, 5) is 0. The Kier molecular flexibility index (Phi) is 3.85. The van der Waals surface area contributed by atoms with Crippen molar-refractivity contribution in [3.05, 3.63) is 0 Å². The molecule has 0 aromatic heterocycles. The first kappa shape index (κ1) is 11.1. The molecule has 1 heterocycles. The topological polar surface area (TPSA) is 61.4 Å². The van der Waals surface area contributed by atoms with Crippen LogP contribution in [-0.4, -0.2) is 39.3 Å². The third kappa shape index (κ3) is 3.34. The summed E-state index contributed by atoms with van der Waals surface area (Å²) in [5, 5.41) is 3.13. The van der Waals surface area contributed by atoms with Gasteiger partial charge in [-0.3, -0.25) is 4.21 Å². The summed E-state index contributed by atoms with van der Waals surface area (Å²) in [7, 11) is 0. The number of hydrogen-bond acceptors (Lipinski definition) is 4. The smallest absolute Gasteiger partial charge is 0.0925 e. The van der Waals surface area contributed by atoms with Gasteiger partial charge in [-0.2, -0.15) is 0 Å². The lowest BCUT2D eigenvalue weighted by Gasteiger charge is -2.31. The molecule has 0 spiro atoms. The number of hydrogen-bond donors (Lipinski definition) is 1. The molecular weight excluding hydrogens is 190 g/mol. The van der Waals surface area contributed by atoms with Crippen molar-refractivity contribution in [3.63, 3.8) is 0 Å². The van der Waals surface area contributed by atoms with Gasteiger partial charge in [0, 0.05) is 12.3 Å². The Bertz CT molecular complexity index is 190. The van der Waals surface area contributed by atoms with E-state index in [-0.39, 0.29) is 11.9 Å². The molecule has 0 aliphatic carbocycles. The van der Waals surface area contributed by atoms with Crippen molar-refractivity contribution < 1.29 is 13.5 Å². The highest BCUT2D eigenvalue weighted by molar-refractivity contribution is 7.79. The zero-order chi connectivity index (χ0) is 9.90. The van der Waals surface area contributed by atoms with E-state index in [1.54, 1.807) is 0 Å². The Hall–Kier alpha value is 0.0300. The van der Waals surface area contributed by atoms with Crippen molar-refractivity contribution >= 4 is 11.1 Å². The van der Waals surface area contributed by atoms with Gasteiger partial charge in [-0.25, -0.2) is 0 Å². The molecule has 0 aromatic carbocycles. The van der Waals surface area contributed by atoms with E-state index in [1.165, 1.54) is 0 Å². The van der Waals surface area contributed by atoms with Crippen LogP contribution < -0.4 is 5.32 Å². The van der Waals surface area contributed by atoms with Crippen LogP contribution in [0.5, 0.6) is 0 Å². The maximum atomic E-state index is 10.6. The molecular formula is C8H16NO3S-. The lowest BCUT2D eigenvalue weighted by atomic mass is 10.1. The van der Waals surface area contributed by atoms with Gasteiger partial charge in [0.1, 0.15) is 0 Å². The van der Waals surface area contributed by atoms with Crippen molar-refractivity contribution in [2.45, 2.75) is 32.0 Å². The minimum atomic E-state index is -2.03. The fraction of sp³-hybridized carbons (Fsp3) is 1.00. The molecule has 2 atom stereocenters. The van der Waals surface area contributed by atoms with E-state index in [4.69, 9.17) is 4.74 Å². The van der Waals surface area contributed by atoms with Gasteiger partial charge in [-0.15, -0.1) is 0 Å². The van der Waals surface area contributed by atoms with E-state index in [0.717, 1.165) is 13.0 Å². The molecule has 0 bridgehead atoms. The predicted octanol–water partition coefficient (Wildman–Crippen LogP) is 0.0226. The first-order chi connectivity index (χ1) is 6.04. The Labute approximate surface area is 81.3 Å². The molecule has 1 aliphatic heterocycles. The molecule has 1 saturated heterocycles. The van der Waals surface area contributed by atoms with Crippen LogP contribution in [0.15, 0.2) is 0 Å². The van der Waals surface area contributed by atoms with Crippen LogP contribution in [0, 0.1) is 0 Å². The van der Waals surface area contributed by atoms with E-state index >= 15 is 0 Å². The summed E-state index contributed by atoms with van der Waals surface area (Å²) >= 11 is -2.03. The van der Waals surface area contributed by atoms with Gasteiger partial charge in [-0.05, 0) is 26.8 Å². The largest absolute Gasteiger partial charge is 0.772 e. The normalized spacial score (nSPS) is 31.1. The molecule has 0 radical (unpaired) electrons. The molecule has 0 saturated carbocycles. The molecule has 0 amide bonds. The van der Waals surface area contributed by atoms with Crippen molar-refractivity contribution in [2.24, 2.45) is 0 Å². The fourth-order valence-corrected chi connectivity index (χ4v) is 2.44. The Morgan fingerprint density at radius 3 is 2.77 bits per heavy atom. The molecule has 13 heavy (non-hydrogen) atoms. The van der Waals surface area contributed by atoms with E-state index in [1.807, 2.05) is 13.8 Å². The molecule has 4 nitrogen and oxygen atoms in total. The Balaban J connectivity index is 2.57. The van der Waals surface area contributed by atoms with Crippen LogP contribution in [0.3, 0.4) is 0 Å². The molecule has 1 N–H and O–H groups in total. The lowest BCUT2D eigenvalue weighted by Crippen LogP contribution is -2.42. The lowest BCUT2D eigenvalue weighted by molar-refractivity contribution is -0.0516. The second-order valence-corrected chi connectivity index (χ2v) is 4.62. The van der Waals surface area contributed by atoms with Gasteiger partial charge < -0.3 is 14.6 Å². The zero-order valence-corrected chi connectivity index (χ0v) is 8.86. The third-order valence-corrected chi connectivity index (χ3v) is 2.83. The van der Waals surface area contributed by atoms with Gasteiger partial charge in [0.15, 0.2) is 0 Å². The van der Waals surface area contributed by atoms with Crippen LogP contribution in [0.4, 0.5) is 0 Å². The van der Waals surface area contributed by atoms with E-state index in [9.17, 15) is 8.76 Å².